The minimum Gasteiger partial charge on any atom is -0.379 e. The van der Waals surface area contributed by atoms with Gasteiger partial charge in [0.15, 0.2) is 23.1 Å². The number of carbonyl (C=O) groups excluding carboxylic acids is 1. The Bertz CT molecular complexity index is 1170. The number of rotatable bonds is 7. The number of nitrogens with zero attached hydrogens (tertiary/aromatic N) is 3. The first kappa shape index (κ1) is 22.4. The summed E-state index contributed by atoms with van der Waals surface area (Å²) >= 11 is 0. The van der Waals surface area contributed by atoms with Gasteiger partial charge in [-0.2, -0.15) is 0 Å². The summed E-state index contributed by atoms with van der Waals surface area (Å²) in [6.45, 7) is 5.05. The molecule has 0 spiro atoms. The number of halogens is 2. The van der Waals surface area contributed by atoms with Crippen molar-refractivity contribution in [2.24, 2.45) is 5.73 Å². The molecule has 1 amide bonds. The van der Waals surface area contributed by atoms with Crippen molar-refractivity contribution in [3.8, 4) is 0 Å². The predicted molar refractivity (Wildman–Crippen MR) is 122 cm³/mol. The van der Waals surface area contributed by atoms with Gasteiger partial charge in [-0.25, -0.2) is 8.78 Å². The van der Waals surface area contributed by atoms with E-state index in [2.05, 4.69) is 25.7 Å². The van der Waals surface area contributed by atoms with Crippen LogP contribution in [0.1, 0.15) is 21.6 Å². The Morgan fingerprint density at radius 2 is 1.94 bits per heavy atom. The highest BCUT2D eigenvalue weighted by Gasteiger charge is 2.16. The van der Waals surface area contributed by atoms with E-state index in [4.69, 9.17) is 10.5 Å². The van der Waals surface area contributed by atoms with E-state index in [-0.39, 0.29) is 23.5 Å². The highest BCUT2D eigenvalue weighted by molar-refractivity contribution is 5.96. The van der Waals surface area contributed by atoms with E-state index in [0.717, 1.165) is 36.1 Å². The Morgan fingerprint density at radius 1 is 1.15 bits per heavy atom. The number of nitrogens with two attached hydrogens (primary N) is 1. The molecular weight excluding hydrogens is 430 g/mol. The van der Waals surface area contributed by atoms with Crippen LogP contribution in [0.15, 0.2) is 42.5 Å². The summed E-state index contributed by atoms with van der Waals surface area (Å²) in [6, 6.07) is 11.4. The number of morpholine rings is 1. The second kappa shape index (κ2) is 9.78. The van der Waals surface area contributed by atoms with Crippen molar-refractivity contribution >= 4 is 28.8 Å². The van der Waals surface area contributed by atoms with Crippen LogP contribution in [0.25, 0.3) is 0 Å². The van der Waals surface area contributed by atoms with Crippen LogP contribution in [0.2, 0.25) is 0 Å². The molecule has 4 N–H and O–H groups in total. The number of amides is 1. The molecule has 4 rings (SSSR count). The molecule has 0 saturated carbocycles. The highest BCUT2D eigenvalue weighted by atomic mass is 19.2. The summed E-state index contributed by atoms with van der Waals surface area (Å²) in [6.07, 6.45) is 0. The highest BCUT2D eigenvalue weighted by Crippen LogP contribution is 2.27. The lowest BCUT2D eigenvalue weighted by Crippen LogP contribution is -2.36. The van der Waals surface area contributed by atoms with Crippen molar-refractivity contribution in [2.45, 2.75) is 13.5 Å². The monoisotopic (exact) mass is 454 g/mol. The smallest absolute Gasteiger partial charge is 0.271 e. The maximum Gasteiger partial charge on any atom is 0.271 e. The molecule has 0 atom stereocenters. The third-order valence-corrected chi connectivity index (χ3v) is 5.35. The van der Waals surface area contributed by atoms with Crippen molar-refractivity contribution < 1.29 is 18.3 Å². The number of carbonyl (C=O) groups is 1. The molecule has 1 fully saturated rings. The third kappa shape index (κ3) is 5.17. The van der Waals surface area contributed by atoms with E-state index >= 15 is 0 Å². The van der Waals surface area contributed by atoms with Gasteiger partial charge < -0.3 is 26.0 Å². The molecule has 8 nitrogen and oxygen atoms in total. The molecule has 0 radical (unpaired) electrons. The van der Waals surface area contributed by atoms with Crippen LogP contribution in [0, 0.1) is 18.6 Å². The fourth-order valence-electron chi connectivity index (χ4n) is 3.69. The van der Waals surface area contributed by atoms with Crippen LogP contribution >= 0.6 is 0 Å². The maximum absolute atomic E-state index is 14.0. The van der Waals surface area contributed by atoms with Gasteiger partial charge in [0.05, 0.1) is 18.9 Å². The standard InChI is InChI=1S/C23H24F2N6O2/c1-14-11-16(5-6-19(14)31-7-9-33-10-8-31)28-20-12-18(22(23(26)32)30-29-20)27-13-15-3-2-4-17(24)21(15)25/h2-6,11-12H,7-10,13H2,1H3,(H2,26,32)(H2,27,28,29). The summed E-state index contributed by atoms with van der Waals surface area (Å²) in [5.74, 6) is -2.33. The first-order valence-corrected chi connectivity index (χ1v) is 10.5. The van der Waals surface area contributed by atoms with Gasteiger partial charge in [0, 0.05) is 42.6 Å². The average molecular weight is 454 g/mol. The van der Waals surface area contributed by atoms with Crippen molar-refractivity contribution in [1.82, 2.24) is 10.2 Å². The number of ether oxygens (including phenoxy) is 1. The Labute approximate surface area is 189 Å². The van der Waals surface area contributed by atoms with Crippen molar-refractivity contribution in [3.63, 3.8) is 0 Å². The lowest BCUT2D eigenvalue weighted by atomic mass is 10.1. The number of aromatic nitrogens is 2. The number of hydrogen-bond acceptors (Lipinski definition) is 7. The van der Waals surface area contributed by atoms with E-state index < -0.39 is 17.5 Å². The van der Waals surface area contributed by atoms with Gasteiger partial charge in [-0.1, -0.05) is 12.1 Å². The predicted octanol–water partition coefficient (Wildman–Crippen LogP) is 3.35. The molecule has 10 heteroatoms. The van der Waals surface area contributed by atoms with E-state index in [1.54, 1.807) is 6.07 Å². The number of hydrogen-bond donors (Lipinski definition) is 3. The zero-order chi connectivity index (χ0) is 23.4. The molecule has 1 saturated heterocycles. The van der Waals surface area contributed by atoms with Crippen LogP contribution < -0.4 is 21.3 Å². The van der Waals surface area contributed by atoms with Gasteiger partial charge in [-0.15, -0.1) is 10.2 Å². The quantitative estimate of drug-likeness (QED) is 0.503. The Hall–Kier alpha value is -3.79. The third-order valence-electron chi connectivity index (χ3n) is 5.35. The van der Waals surface area contributed by atoms with Crippen molar-refractivity contribution in [2.75, 3.05) is 41.8 Å². The van der Waals surface area contributed by atoms with Gasteiger partial charge in [0.1, 0.15) is 0 Å². The Balaban J connectivity index is 1.53. The van der Waals surface area contributed by atoms with Crippen LogP contribution in [0.5, 0.6) is 0 Å². The summed E-state index contributed by atoms with van der Waals surface area (Å²) in [4.78, 5) is 14.0. The normalized spacial score (nSPS) is 13.6. The summed E-state index contributed by atoms with van der Waals surface area (Å²) in [5.41, 5.74) is 8.66. The minimum absolute atomic E-state index is 0.0671. The number of primary amides is 1. The molecule has 1 aliphatic heterocycles. The Morgan fingerprint density at radius 3 is 2.67 bits per heavy atom. The lowest BCUT2D eigenvalue weighted by molar-refractivity contribution is 0.0995. The molecule has 2 heterocycles. The van der Waals surface area contributed by atoms with E-state index in [1.807, 2.05) is 25.1 Å². The lowest BCUT2D eigenvalue weighted by Gasteiger charge is -2.30. The van der Waals surface area contributed by atoms with Crippen molar-refractivity contribution in [1.29, 1.82) is 0 Å². The van der Waals surface area contributed by atoms with Crippen molar-refractivity contribution in [3.05, 3.63) is 70.9 Å². The summed E-state index contributed by atoms with van der Waals surface area (Å²) in [7, 11) is 0. The SMILES string of the molecule is Cc1cc(Nc2cc(NCc3cccc(F)c3F)c(C(N)=O)nn2)ccc1N1CCOCC1. The largest absolute Gasteiger partial charge is 0.379 e. The Kier molecular flexibility index (Phi) is 6.64. The zero-order valence-electron chi connectivity index (χ0n) is 18.1. The molecular formula is C23H24F2N6O2. The molecule has 0 unspecified atom stereocenters. The fraction of sp³-hybridized carbons (Fsp3) is 0.261. The molecule has 3 aromatic rings. The molecule has 2 aromatic carbocycles. The summed E-state index contributed by atoms with van der Waals surface area (Å²) in [5, 5.41) is 14.0. The number of aryl methyl sites for hydroxylation is 1. The van der Waals surface area contributed by atoms with Crippen LogP contribution in [-0.4, -0.2) is 42.4 Å². The second-order valence-electron chi connectivity index (χ2n) is 7.65. The fourth-order valence-corrected chi connectivity index (χ4v) is 3.69. The van der Waals surface area contributed by atoms with E-state index in [1.165, 1.54) is 12.1 Å². The first-order chi connectivity index (χ1) is 15.9. The minimum atomic E-state index is -0.957. The molecule has 172 valence electrons. The van der Waals surface area contributed by atoms with Gasteiger partial charge >= 0.3 is 0 Å². The van der Waals surface area contributed by atoms with Crippen LogP contribution in [0.3, 0.4) is 0 Å². The molecule has 33 heavy (non-hydrogen) atoms. The van der Waals surface area contributed by atoms with Crippen LogP contribution in [0.4, 0.5) is 31.7 Å². The maximum atomic E-state index is 14.0. The molecule has 0 bridgehead atoms. The van der Waals surface area contributed by atoms with Gasteiger partial charge in [0.2, 0.25) is 0 Å². The molecule has 0 aliphatic carbocycles. The average Bonchev–Trinajstić information content (AvgIpc) is 2.80. The van der Waals surface area contributed by atoms with E-state index in [9.17, 15) is 13.6 Å². The van der Waals surface area contributed by atoms with Crippen LogP contribution in [-0.2, 0) is 11.3 Å². The second-order valence-corrected chi connectivity index (χ2v) is 7.65. The summed E-state index contributed by atoms with van der Waals surface area (Å²) < 4.78 is 32.9. The number of nitrogens with one attached hydrogen (secondary N) is 2. The van der Waals surface area contributed by atoms with Gasteiger partial charge in [-0.3, -0.25) is 4.79 Å². The first-order valence-electron chi connectivity index (χ1n) is 10.5. The molecule has 1 aromatic heterocycles. The molecule has 1 aliphatic rings. The topological polar surface area (TPSA) is 105 Å². The zero-order valence-corrected chi connectivity index (χ0v) is 18.1. The van der Waals surface area contributed by atoms with Gasteiger partial charge in [-0.05, 0) is 36.8 Å². The van der Waals surface area contributed by atoms with Gasteiger partial charge in [0.25, 0.3) is 5.91 Å². The number of benzene rings is 2. The number of anilines is 4. The van der Waals surface area contributed by atoms with E-state index in [0.29, 0.717) is 19.0 Å².